The molecule has 7 heteroatoms. The van der Waals surface area contributed by atoms with Gasteiger partial charge in [-0.05, 0) is 12.8 Å². The number of Topliss-reactive ketones (excluding diaryl/α,β-unsaturated/α-hetero) is 1. The highest BCUT2D eigenvalue weighted by Gasteiger charge is 2.43. The minimum Gasteiger partial charge on any atom is -0.394 e. The fourth-order valence-corrected chi connectivity index (χ4v) is 4.04. The Labute approximate surface area is 194 Å². The molecule has 1 saturated heterocycles. The van der Waals surface area contributed by atoms with Gasteiger partial charge in [-0.15, -0.1) is 0 Å². The van der Waals surface area contributed by atoms with Gasteiger partial charge in [0.05, 0.1) is 6.61 Å². The summed E-state index contributed by atoms with van der Waals surface area (Å²) in [5, 5.41) is 38.6. The average molecular weight is 461 g/mol. The van der Waals surface area contributed by atoms with E-state index in [9.17, 15) is 25.2 Å². The monoisotopic (exact) mass is 460 g/mol. The first kappa shape index (κ1) is 29.5. The molecule has 0 aromatic heterocycles. The highest BCUT2D eigenvalue weighted by molar-refractivity contribution is 5.80. The maximum absolute atomic E-state index is 11.6. The van der Waals surface area contributed by atoms with Crippen LogP contribution in [0.3, 0.4) is 0 Å². The zero-order valence-corrected chi connectivity index (χ0v) is 20.3. The van der Waals surface area contributed by atoms with Crippen molar-refractivity contribution in [3.63, 3.8) is 0 Å². The van der Waals surface area contributed by atoms with Crippen LogP contribution in [0.1, 0.15) is 104 Å². The van der Waals surface area contributed by atoms with Gasteiger partial charge in [0.2, 0.25) is 0 Å². The Kier molecular flexibility index (Phi) is 16.4. The lowest BCUT2D eigenvalue weighted by Gasteiger charge is -2.39. The summed E-state index contributed by atoms with van der Waals surface area (Å²) in [5.74, 6) is 0.575. The van der Waals surface area contributed by atoms with Crippen LogP contribution in [0.15, 0.2) is 0 Å². The zero-order valence-electron chi connectivity index (χ0n) is 20.3. The summed E-state index contributed by atoms with van der Waals surface area (Å²) in [5.41, 5.74) is 0. The van der Waals surface area contributed by atoms with E-state index in [1.807, 2.05) is 13.8 Å². The van der Waals surface area contributed by atoms with Crippen molar-refractivity contribution in [2.24, 2.45) is 5.92 Å². The first-order valence-electron chi connectivity index (χ1n) is 12.8. The number of ether oxygens (including phenoxy) is 2. The molecule has 1 aliphatic rings. The molecule has 0 aromatic rings. The third-order valence-corrected chi connectivity index (χ3v) is 6.34. The minimum atomic E-state index is -1.38. The fraction of sp³-hybridized carbons (Fsp3) is 0.960. The van der Waals surface area contributed by atoms with E-state index in [0.29, 0.717) is 12.4 Å². The van der Waals surface area contributed by atoms with Crippen LogP contribution in [0.25, 0.3) is 0 Å². The number of carbonyl (C=O) groups is 1. The highest BCUT2D eigenvalue weighted by Crippen LogP contribution is 2.22. The molecule has 1 rings (SSSR count). The molecule has 0 aliphatic carbocycles. The quantitative estimate of drug-likeness (QED) is 0.218. The first-order chi connectivity index (χ1) is 15.4. The van der Waals surface area contributed by atoms with E-state index in [0.717, 1.165) is 32.1 Å². The van der Waals surface area contributed by atoms with Gasteiger partial charge in [-0.1, -0.05) is 84.5 Å². The van der Waals surface area contributed by atoms with Gasteiger partial charge in [0.1, 0.15) is 30.2 Å². The predicted molar refractivity (Wildman–Crippen MR) is 124 cm³/mol. The molecule has 0 amide bonds. The number of carbonyl (C=O) groups excluding carboxylic acids is 1. The predicted octanol–water partition coefficient (Wildman–Crippen LogP) is 3.49. The van der Waals surface area contributed by atoms with E-state index in [1.54, 1.807) is 0 Å². The Morgan fingerprint density at radius 1 is 0.750 bits per heavy atom. The SMILES string of the molecule is CC(C)C(=O)CCCCCCCCCCCCCCCOC1O[C@H](CO)[C@@H](O)[C@H](O)[C@H]1O. The number of unbranched alkanes of at least 4 members (excludes halogenated alkanes) is 12. The maximum atomic E-state index is 11.6. The molecule has 1 fully saturated rings. The van der Waals surface area contributed by atoms with E-state index in [-0.39, 0.29) is 5.92 Å². The molecule has 0 bridgehead atoms. The van der Waals surface area contributed by atoms with Crippen molar-refractivity contribution in [3.8, 4) is 0 Å². The van der Waals surface area contributed by atoms with Crippen molar-refractivity contribution < 1.29 is 34.7 Å². The Hall–Kier alpha value is -0.570. The lowest BCUT2D eigenvalue weighted by Crippen LogP contribution is -2.59. The van der Waals surface area contributed by atoms with Crippen LogP contribution < -0.4 is 0 Å². The van der Waals surface area contributed by atoms with Crippen LogP contribution >= 0.6 is 0 Å². The molecule has 5 atom stereocenters. The third-order valence-electron chi connectivity index (χ3n) is 6.34. The number of hydrogen-bond acceptors (Lipinski definition) is 7. The zero-order chi connectivity index (χ0) is 23.8. The normalized spacial score (nSPS) is 26.0. The molecule has 32 heavy (non-hydrogen) atoms. The first-order valence-corrected chi connectivity index (χ1v) is 12.8. The lowest BCUT2D eigenvalue weighted by atomic mass is 9.99. The van der Waals surface area contributed by atoms with Crippen LogP contribution in [0.2, 0.25) is 0 Å². The summed E-state index contributed by atoms with van der Waals surface area (Å²) in [6, 6.07) is 0. The Balaban J connectivity index is 1.86. The summed E-state index contributed by atoms with van der Waals surface area (Å²) in [4.78, 5) is 11.6. The molecule has 7 nitrogen and oxygen atoms in total. The smallest absolute Gasteiger partial charge is 0.186 e. The van der Waals surface area contributed by atoms with Gasteiger partial charge in [0.25, 0.3) is 0 Å². The largest absolute Gasteiger partial charge is 0.394 e. The van der Waals surface area contributed by atoms with Crippen molar-refractivity contribution >= 4 is 5.78 Å². The molecule has 190 valence electrons. The summed E-state index contributed by atoms with van der Waals surface area (Å²) < 4.78 is 10.8. The summed E-state index contributed by atoms with van der Waals surface area (Å²) in [6.45, 7) is 3.93. The van der Waals surface area contributed by atoms with Gasteiger partial charge in [-0.3, -0.25) is 4.79 Å². The van der Waals surface area contributed by atoms with Gasteiger partial charge in [-0.25, -0.2) is 0 Å². The number of rotatable bonds is 19. The molecule has 1 aliphatic heterocycles. The van der Waals surface area contributed by atoms with Crippen molar-refractivity contribution in [1.29, 1.82) is 0 Å². The van der Waals surface area contributed by atoms with Gasteiger partial charge in [-0.2, -0.15) is 0 Å². The van der Waals surface area contributed by atoms with Gasteiger partial charge in [0, 0.05) is 18.9 Å². The molecule has 0 spiro atoms. The topological polar surface area (TPSA) is 116 Å². The number of aliphatic hydroxyl groups excluding tert-OH is 4. The van der Waals surface area contributed by atoms with Gasteiger partial charge >= 0.3 is 0 Å². The van der Waals surface area contributed by atoms with E-state index in [4.69, 9.17) is 9.47 Å². The fourth-order valence-electron chi connectivity index (χ4n) is 4.04. The van der Waals surface area contributed by atoms with Crippen LogP contribution in [-0.4, -0.2) is 70.1 Å². The third kappa shape index (κ3) is 12.1. The second-order valence-corrected chi connectivity index (χ2v) is 9.54. The number of ketones is 1. The minimum absolute atomic E-state index is 0.180. The Bertz CT molecular complexity index is 469. The van der Waals surface area contributed by atoms with Crippen LogP contribution in [0, 0.1) is 5.92 Å². The second kappa shape index (κ2) is 17.8. The summed E-state index contributed by atoms with van der Waals surface area (Å²) >= 11 is 0. The molecule has 0 saturated carbocycles. The number of aliphatic hydroxyl groups is 4. The highest BCUT2D eigenvalue weighted by atomic mass is 16.7. The Morgan fingerprint density at radius 2 is 1.22 bits per heavy atom. The second-order valence-electron chi connectivity index (χ2n) is 9.54. The summed E-state index contributed by atoms with van der Waals surface area (Å²) in [7, 11) is 0. The Morgan fingerprint density at radius 3 is 1.69 bits per heavy atom. The average Bonchev–Trinajstić information content (AvgIpc) is 2.78. The summed E-state index contributed by atoms with van der Waals surface area (Å²) in [6.07, 6.45) is 10.2. The van der Waals surface area contributed by atoms with Crippen molar-refractivity contribution in [1.82, 2.24) is 0 Å². The van der Waals surface area contributed by atoms with Gasteiger partial charge < -0.3 is 29.9 Å². The van der Waals surface area contributed by atoms with E-state index in [1.165, 1.54) is 57.8 Å². The molecule has 1 heterocycles. The molecule has 0 aromatic carbocycles. The van der Waals surface area contributed by atoms with Crippen LogP contribution in [0.4, 0.5) is 0 Å². The molecule has 1 unspecified atom stereocenters. The van der Waals surface area contributed by atoms with Crippen LogP contribution in [-0.2, 0) is 14.3 Å². The van der Waals surface area contributed by atoms with Crippen molar-refractivity contribution in [2.75, 3.05) is 13.2 Å². The maximum Gasteiger partial charge on any atom is 0.186 e. The van der Waals surface area contributed by atoms with Crippen LogP contribution in [0.5, 0.6) is 0 Å². The lowest BCUT2D eigenvalue weighted by molar-refractivity contribution is -0.301. The molecular formula is C25H48O7. The molecule has 0 radical (unpaired) electrons. The van der Waals surface area contributed by atoms with E-state index in [2.05, 4.69) is 0 Å². The van der Waals surface area contributed by atoms with E-state index < -0.39 is 37.3 Å². The van der Waals surface area contributed by atoms with Crippen molar-refractivity contribution in [2.45, 2.75) is 134 Å². The molecular weight excluding hydrogens is 412 g/mol. The number of hydrogen-bond donors (Lipinski definition) is 4. The standard InChI is InChI=1S/C25H48O7/c1-19(2)20(27)16-14-12-10-8-6-4-3-5-7-9-11-13-15-17-31-25-24(30)23(29)22(28)21(18-26)32-25/h19,21-26,28-30H,3-18H2,1-2H3/t21-,22-,23+,24-,25?/m1/s1. The molecule has 4 N–H and O–H groups in total. The van der Waals surface area contributed by atoms with E-state index >= 15 is 0 Å². The van der Waals surface area contributed by atoms with Crippen molar-refractivity contribution in [3.05, 3.63) is 0 Å². The van der Waals surface area contributed by atoms with Gasteiger partial charge in [0.15, 0.2) is 6.29 Å².